The standard InChI is InChI=1S/C19H17Cl2NO4S/c1-11(19(25)17-7-5-14(27-17)10-22-12(2)23)26-18(24)8-4-13-3-6-15(20)16(21)9-13/h3-9,11H,10H2,1-2H3,(H,22,23)/b8-4+. The van der Waals surface area contributed by atoms with Gasteiger partial charge in [-0.15, -0.1) is 11.3 Å². The fraction of sp³-hybridized carbons (Fsp3) is 0.211. The Labute approximate surface area is 170 Å². The van der Waals surface area contributed by atoms with Crippen LogP contribution in [0.2, 0.25) is 10.0 Å². The molecule has 2 aromatic rings. The van der Waals surface area contributed by atoms with Crippen molar-refractivity contribution in [2.75, 3.05) is 0 Å². The quantitative estimate of drug-likeness (QED) is 0.402. The van der Waals surface area contributed by atoms with E-state index in [-0.39, 0.29) is 11.7 Å². The van der Waals surface area contributed by atoms with Crippen LogP contribution < -0.4 is 5.32 Å². The van der Waals surface area contributed by atoms with Gasteiger partial charge in [0, 0.05) is 17.9 Å². The minimum atomic E-state index is -0.928. The maximum atomic E-state index is 12.4. The van der Waals surface area contributed by atoms with E-state index < -0.39 is 12.1 Å². The highest BCUT2D eigenvalue weighted by Crippen LogP contribution is 2.23. The number of nitrogens with one attached hydrogen (secondary N) is 1. The van der Waals surface area contributed by atoms with Gasteiger partial charge in [-0.3, -0.25) is 9.59 Å². The molecular weight excluding hydrogens is 409 g/mol. The molecule has 0 radical (unpaired) electrons. The molecule has 0 aliphatic rings. The van der Waals surface area contributed by atoms with E-state index in [4.69, 9.17) is 27.9 Å². The van der Waals surface area contributed by atoms with Crippen LogP contribution in [0.25, 0.3) is 6.08 Å². The molecule has 0 aliphatic heterocycles. The molecule has 1 atom stereocenters. The number of thiophene rings is 1. The van der Waals surface area contributed by atoms with Crippen molar-refractivity contribution in [3.05, 3.63) is 61.8 Å². The topological polar surface area (TPSA) is 72.5 Å². The Kier molecular flexibility index (Phi) is 7.59. The number of ether oxygens (including phenoxy) is 1. The molecular formula is C19H17Cl2NO4S. The van der Waals surface area contributed by atoms with Crippen molar-refractivity contribution >= 4 is 58.3 Å². The lowest BCUT2D eigenvalue weighted by Gasteiger charge is -2.09. The molecule has 2 rings (SSSR count). The number of benzene rings is 1. The summed E-state index contributed by atoms with van der Waals surface area (Å²) < 4.78 is 5.15. The fourth-order valence-corrected chi connectivity index (χ4v) is 3.34. The smallest absolute Gasteiger partial charge is 0.331 e. The minimum absolute atomic E-state index is 0.146. The van der Waals surface area contributed by atoms with Crippen LogP contribution in [0, 0.1) is 0 Å². The van der Waals surface area contributed by atoms with Crippen LogP contribution in [0.5, 0.6) is 0 Å². The van der Waals surface area contributed by atoms with Gasteiger partial charge in [0.2, 0.25) is 11.7 Å². The van der Waals surface area contributed by atoms with Crippen molar-refractivity contribution in [2.45, 2.75) is 26.5 Å². The van der Waals surface area contributed by atoms with Gasteiger partial charge in [0.1, 0.15) is 0 Å². The van der Waals surface area contributed by atoms with Gasteiger partial charge in [-0.2, -0.15) is 0 Å². The Morgan fingerprint density at radius 1 is 1.19 bits per heavy atom. The van der Waals surface area contributed by atoms with Crippen molar-refractivity contribution in [3.8, 4) is 0 Å². The van der Waals surface area contributed by atoms with E-state index in [9.17, 15) is 14.4 Å². The number of Topliss-reactive ketones (excluding diaryl/α,β-unsaturated/α-hetero) is 1. The van der Waals surface area contributed by atoms with E-state index in [1.807, 2.05) is 0 Å². The van der Waals surface area contributed by atoms with Gasteiger partial charge in [-0.05, 0) is 42.8 Å². The van der Waals surface area contributed by atoms with Gasteiger partial charge < -0.3 is 10.1 Å². The number of carbonyl (C=O) groups excluding carboxylic acids is 3. The number of hydrogen-bond donors (Lipinski definition) is 1. The molecule has 0 fully saturated rings. The Morgan fingerprint density at radius 3 is 2.59 bits per heavy atom. The number of amides is 1. The summed E-state index contributed by atoms with van der Waals surface area (Å²) in [6, 6.07) is 8.35. The molecule has 1 heterocycles. The fourth-order valence-electron chi connectivity index (χ4n) is 2.06. The molecule has 142 valence electrons. The Balaban J connectivity index is 1.93. The van der Waals surface area contributed by atoms with Crippen LogP contribution in [0.1, 0.15) is 34.0 Å². The zero-order valence-corrected chi connectivity index (χ0v) is 17.0. The highest BCUT2D eigenvalue weighted by atomic mass is 35.5. The first-order chi connectivity index (χ1) is 12.8. The number of ketones is 1. The zero-order chi connectivity index (χ0) is 20.0. The molecule has 5 nitrogen and oxygen atoms in total. The van der Waals surface area contributed by atoms with Crippen LogP contribution in [0.15, 0.2) is 36.4 Å². The Bertz CT molecular complexity index is 892. The lowest BCUT2D eigenvalue weighted by atomic mass is 10.2. The molecule has 0 saturated carbocycles. The number of halogens is 2. The van der Waals surface area contributed by atoms with Crippen LogP contribution in [-0.2, 0) is 20.9 Å². The number of esters is 1. The van der Waals surface area contributed by atoms with Gasteiger partial charge in [0.15, 0.2) is 6.10 Å². The minimum Gasteiger partial charge on any atom is -0.451 e. The van der Waals surface area contributed by atoms with Crippen molar-refractivity contribution in [1.82, 2.24) is 5.32 Å². The maximum absolute atomic E-state index is 12.4. The van der Waals surface area contributed by atoms with Gasteiger partial charge in [0.25, 0.3) is 0 Å². The Hall–Kier alpha value is -2.15. The Morgan fingerprint density at radius 2 is 1.93 bits per heavy atom. The van der Waals surface area contributed by atoms with Crippen LogP contribution in [-0.4, -0.2) is 23.8 Å². The summed E-state index contributed by atoms with van der Waals surface area (Å²) in [5, 5.41) is 3.46. The molecule has 1 aromatic heterocycles. The molecule has 1 amide bonds. The number of hydrogen-bond acceptors (Lipinski definition) is 5. The number of carbonyl (C=O) groups is 3. The molecule has 0 bridgehead atoms. The monoisotopic (exact) mass is 425 g/mol. The van der Waals surface area contributed by atoms with Crippen molar-refractivity contribution in [2.24, 2.45) is 0 Å². The summed E-state index contributed by atoms with van der Waals surface area (Å²) in [7, 11) is 0. The molecule has 27 heavy (non-hydrogen) atoms. The maximum Gasteiger partial charge on any atom is 0.331 e. The summed E-state index contributed by atoms with van der Waals surface area (Å²) in [4.78, 5) is 36.5. The van der Waals surface area contributed by atoms with Gasteiger partial charge in [-0.1, -0.05) is 29.3 Å². The first-order valence-corrected chi connectivity index (χ1v) is 9.54. The van der Waals surface area contributed by atoms with Crippen molar-refractivity contribution < 1.29 is 19.1 Å². The SMILES string of the molecule is CC(=O)NCc1ccc(C(=O)C(C)OC(=O)/C=C/c2ccc(Cl)c(Cl)c2)s1. The van der Waals surface area contributed by atoms with E-state index in [1.165, 1.54) is 37.3 Å². The van der Waals surface area contributed by atoms with Crippen molar-refractivity contribution in [3.63, 3.8) is 0 Å². The summed E-state index contributed by atoms with van der Waals surface area (Å²) in [5.41, 5.74) is 0.682. The van der Waals surface area contributed by atoms with Crippen LogP contribution in [0.4, 0.5) is 0 Å². The molecule has 0 spiro atoms. The van der Waals surface area contributed by atoms with Gasteiger partial charge in [-0.25, -0.2) is 4.79 Å². The molecule has 0 aliphatic carbocycles. The highest BCUT2D eigenvalue weighted by molar-refractivity contribution is 7.14. The van der Waals surface area contributed by atoms with Gasteiger partial charge >= 0.3 is 5.97 Å². The zero-order valence-electron chi connectivity index (χ0n) is 14.6. The van der Waals surface area contributed by atoms with Gasteiger partial charge in [0.05, 0.1) is 21.5 Å². The van der Waals surface area contributed by atoms with E-state index in [2.05, 4.69) is 5.32 Å². The molecule has 0 saturated heterocycles. The predicted octanol–water partition coefficient (Wildman–Crippen LogP) is 4.52. The molecule has 1 N–H and O–H groups in total. The average molecular weight is 426 g/mol. The van der Waals surface area contributed by atoms with E-state index in [1.54, 1.807) is 30.3 Å². The molecule has 1 unspecified atom stereocenters. The van der Waals surface area contributed by atoms with Crippen LogP contribution in [0.3, 0.4) is 0 Å². The predicted molar refractivity (Wildman–Crippen MR) is 107 cm³/mol. The highest BCUT2D eigenvalue weighted by Gasteiger charge is 2.20. The average Bonchev–Trinajstić information content (AvgIpc) is 3.09. The lowest BCUT2D eigenvalue weighted by molar-refractivity contribution is -0.140. The summed E-state index contributed by atoms with van der Waals surface area (Å²) in [6.07, 6.45) is 1.82. The second kappa shape index (κ2) is 9.69. The van der Waals surface area contributed by atoms with Crippen molar-refractivity contribution in [1.29, 1.82) is 0 Å². The normalized spacial score (nSPS) is 12.0. The number of rotatable bonds is 7. The molecule has 1 aromatic carbocycles. The lowest BCUT2D eigenvalue weighted by Crippen LogP contribution is -2.22. The summed E-state index contributed by atoms with van der Waals surface area (Å²) in [5.74, 6) is -1.09. The second-order valence-electron chi connectivity index (χ2n) is 5.63. The third-order valence-electron chi connectivity index (χ3n) is 3.43. The third kappa shape index (κ3) is 6.50. The van der Waals surface area contributed by atoms with Crippen LogP contribution >= 0.6 is 34.5 Å². The third-order valence-corrected chi connectivity index (χ3v) is 5.27. The second-order valence-corrected chi connectivity index (χ2v) is 7.61. The van der Waals surface area contributed by atoms with E-state index in [0.717, 1.165) is 4.88 Å². The summed E-state index contributed by atoms with van der Waals surface area (Å²) in [6.45, 7) is 3.29. The van der Waals surface area contributed by atoms with E-state index >= 15 is 0 Å². The summed E-state index contributed by atoms with van der Waals surface area (Å²) >= 11 is 13.0. The first kappa shape index (κ1) is 21.2. The first-order valence-electron chi connectivity index (χ1n) is 7.97. The largest absolute Gasteiger partial charge is 0.451 e. The molecule has 8 heteroatoms. The van der Waals surface area contributed by atoms with E-state index in [0.29, 0.717) is 27.0 Å².